The molecule has 0 atom stereocenters. The van der Waals surface area contributed by atoms with Gasteiger partial charge in [-0.1, -0.05) is 38.1 Å². The van der Waals surface area contributed by atoms with E-state index in [2.05, 4.69) is 43.4 Å². The fourth-order valence-corrected chi connectivity index (χ4v) is 1.61. The van der Waals surface area contributed by atoms with Crippen molar-refractivity contribution in [1.29, 1.82) is 0 Å². The predicted molar refractivity (Wildman–Crippen MR) is 78.9 cm³/mol. The highest BCUT2D eigenvalue weighted by Crippen LogP contribution is 2.15. The lowest BCUT2D eigenvalue weighted by Crippen LogP contribution is -2.19. The Labute approximate surface area is 111 Å². The summed E-state index contributed by atoms with van der Waals surface area (Å²) in [5, 5.41) is 3.38. The zero-order valence-corrected chi connectivity index (χ0v) is 11.9. The van der Waals surface area contributed by atoms with Gasteiger partial charge in [-0.2, -0.15) is 0 Å². The first-order valence-electron chi connectivity index (χ1n) is 6.72. The van der Waals surface area contributed by atoms with Gasteiger partial charge >= 0.3 is 0 Å². The summed E-state index contributed by atoms with van der Waals surface area (Å²) in [5.41, 5.74) is 1.18. The van der Waals surface area contributed by atoms with E-state index < -0.39 is 0 Å². The second-order valence-electron chi connectivity index (χ2n) is 5.19. The van der Waals surface area contributed by atoms with Crippen LogP contribution in [0.5, 0.6) is 5.75 Å². The third kappa shape index (κ3) is 6.45. The molecule has 0 saturated carbocycles. The molecule has 18 heavy (non-hydrogen) atoms. The number of ether oxygens (including phenoxy) is 1. The monoisotopic (exact) mass is 247 g/mol. The van der Waals surface area contributed by atoms with E-state index in [4.69, 9.17) is 4.74 Å². The second kappa shape index (κ2) is 7.93. The Balaban J connectivity index is 2.44. The van der Waals surface area contributed by atoms with E-state index in [1.54, 1.807) is 0 Å². The molecule has 0 bridgehead atoms. The fraction of sp³-hybridized carbons (Fsp3) is 0.500. The van der Waals surface area contributed by atoms with Gasteiger partial charge in [-0.25, -0.2) is 0 Å². The van der Waals surface area contributed by atoms with Gasteiger partial charge in [0.1, 0.15) is 5.75 Å². The van der Waals surface area contributed by atoms with E-state index >= 15 is 0 Å². The maximum absolute atomic E-state index is 5.66. The molecule has 0 aliphatic rings. The molecule has 2 heteroatoms. The van der Waals surface area contributed by atoms with Crippen molar-refractivity contribution in [3.63, 3.8) is 0 Å². The summed E-state index contributed by atoms with van der Waals surface area (Å²) < 4.78 is 5.66. The van der Waals surface area contributed by atoms with Gasteiger partial charge in [-0.05, 0) is 44.0 Å². The first-order valence-corrected chi connectivity index (χ1v) is 6.72. The van der Waals surface area contributed by atoms with Crippen LogP contribution in [-0.2, 0) is 0 Å². The number of rotatable bonds is 7. The standard InChI is InChI=1S/C16H25NO/c1-13(2)12-17-10-6-8-15-7-5-9-16(11-15)18-14(3)4/h5-9,11,13-14,17H,10,12H2,1-4H3. The summed E-state index contributed by atoms with van der Waals surface area (Å²) in [6.07, 6.45) is 4.49. The Morgan fingerprint density at radius 3 is 2.67 bits per heavy atom. The summed E-state index contributed by atoms with van der Waals surface area (Å²) in [6, 6.07) is 8.18. The number of benzene rings is 1. The molecule has 0 heterocycles. The second-order valence-corrected chi connectivity index (χ2v) is 5.19. The van der Waals surface area contributed by atoms with Crippen LogP contribution >= 0.6 is 0 Å². The van der Waals surface area contributed by atoms with Crippen LogP contribution in [-0.4, -0.2) is 19.2 Å². The zero-order chi connectivity index (χ0) is 13.4. The van der Waals surface area contributed by atoms with E-state index in [0.717, 1.165) is 18.8 Å². The van der Waals surface area contributed by atoms with Gasteiger partial charge in [0.05, 0.1) is 6.10 Å². The Kier molecular flexibility index (Phi) is 6.51. The van der Waals surface area contributed by atoms with Crippen molar-refractivity contribution in [2.75, 3.05) is 13.1 Å². The fourth-order valence-electron chi connectivity index (χ4n) is 1.61. The maximum atomic E-state index is 5.66. The van der Waals surface area contributed by atoms with Gasteiger partial charge in [0, 0.05) is 6.54 Å². The normalized spacial score (nSPS) is 11.7. The molecule has 0 amide bonds. The molecule has 1 aromatic carbocycles. The summed E-state index contributed by atoms with van der Waals surface area (Å²) in [7, 11) is 0. The van der Waals surface area contributed by atoms with Gasteiger partial charge < -0.3 is 10.1 Å². The summed E-state index contributed by atoms with van der Waals surface area (Å²) in [6.45, 7) is 10.5. The molecule has 0 saturated heterocycles. The molecule has 100 valence electrons. The van der Waals surface area contributed by atoms with Crippen molar-refractivity contribution >= 4 is 6.08 Å². The third-order valence-corrected chi connectivity index (χ3v) is 2.35. The van der Waals surface area contributed by atoms with Gasteiger partial charge in [-0.15, -0.1) is 0 Å². The Morgan fingerprint density at radius 2 is 2.00 bits per heavy atom. The third-order valence-electron chi connectivity index (χ3n) is 2.35. The van der Waals surface area contributed by atoms with E-state index in [0.29, 0.717) is 5.92 Å². The Morgan fingerprint density at radius 1 is 1.22 bits per heavy atom. The number of hydrogen-bond donors (Lipinski definition) is 1. The summed E-state index contributed by atoms with van der Waals surface area (Å²) in [5.74, 6) is 1.63. The van der Waals surface area contributed by atoms with Gasteiger partial charge in [0.15, 0.2) is 0 Å². The minimum atomic E-state index is 0.219. The summed E-state index contributed by atoms with van der Waals surface area (Å²) >= 11 is 0. The zero-order valence-electron chi connectivity index (χ0n) is 11.9. The van der Waals surface area contributed by atoms with Crippen molar-refractivity contribution in [2.45, 2.75) is 33.8 Å². The minimum Gasteiger partial charge on any atom is -0.491 e. The number of hydrogen-bond acceptors (Lipinski definition) is 2. The van der Waals surface area contributed by atoms with Gasteiger partial charge in [0.25, 0.3) is 0 Å². The molecule has 0 spiro atoms. The largest absolute Gasteiger partial charge is 0.491 e. The quantitative estimate of drug-likeness (QED) is 0.741. The number of nitrogens with one attached hydrogen (secondary N) is 1. The van der Waals surface area contributed by atoms with Crippen LogP contribution in [0.3, 0.4) is 0 Å². The Bertz CT molecular complexity index is 369. The van der Waals surface area contributed by atoms with Crippen LogP contribution in [0, 0.1) is 5.92 Å². The van der Waals surface area contributed by atoms with E-state index in [1.165, 1.54) is 5.56 Å². The molecule has 1 N–H and O–H groups in total. The molecule has 0 aliphatic heterocycles. The highest BCUT2D eigenvalue weighted by atomic mass is 16.5. The first kappa shape index (κ1) is 14.8. The molecule has 1 aromatic rings. The van der Waals surface area contributed by atoms with Crippen molar-refractivity contribution < 1.29 is 4.74 Å². The smallest absolute Gasteiger partial charge is 0.120 e. The summed E-state index contributed by atoms with van der Waals surface area (Å²) in [4.78, 5) is 0. The van der Waals surface area contributed by atoms with Crippen LogP contribution in [0.4, 0.5) is 0 Å². The molecule has 0 fully saturated rings. The lowest BCUT2D eigenvalue weighted by atomic mass is 10.2. The lowest BCUT2D eigenvalue weighted by molar-refractivity contribution is 0.242. The molecule has 1 rings (SSSR count). The maximum Gasteiger partial charge on any atom is 0.120 e. The van der Waals surface area contributed by atoms with Crippen LogP contribution in [0.1, 0.15) is 33.3 Å². The highest BCUT2D eigenvalue weighted by Gasteiger charge is 1.97. The van der Waals surface area contributed by atoms with Crippen molar-refractivity contribution in [3.8, 4) is 5.75 Å². The predicted octanol–water partition coefficient (Wildman–Crippen LogP) is 3.73. The molecule has 0 aliphatic carbocycles. The molecule has 0 unspecified atom stereocenters. The SMILES string of the molecule is CC(C)CNCC=Cc1cccc(OC(C)C)c1. The average Bonchev–Trinajstić information content (AvgIpc) is 2.27. The van der Waals surface area contributed by atoms with Crippen molar-refractivity contribution in [2.24, 2.45) is 5.92 Å². The van der Waals surface area contributed by atoms with Crippen LogP contribution in [0.15, 0.2) is 30.3 Å². The van der Waals surface area contributed by atoms with Gasteiger partial charge in [-0.3, -0.25) is 0 Å². The van der Waals surface area contributed by atoms with E-state index in [1.807, 2.05) is 26.0 Å². The topological polar surface area (TPSA) is 21.3 Å². The van der Waals surface area contributed by atoms with Crippen LogP contribution in [0.2, 0.25) is 0 Å². The lowest BCUT2D eigenvalue weighted by Gasteiger charge is -2.09. The highest BCUT2D eigenvalue weighted by molar-refractivity contribution is 5.51. The minimum absolute atomic E-state index is 0.219. The molecule has 0 radical (unpaired) electrons. The molecular formula is C16H25NO. The average molecular weight is 247 g/mol. The molecule has 2 nitrogen and oxygen atoms in total. The first-order chi connectivity index (χ1) is 8.58. The van der Waals surface area contributed by atoms with E-state index in [-0.39, 0.29) is 6.10 Å². The van der Waals surface area contributed by atoms with Crippen molar-refractivity contribution in [3.05, 3.63) is 35.9 Å². The van der Waals surface area contributed by atoms with Crippen molar-refractivity contribution in [1.82, 2.24) is 5.32 Å². The van der Waals surface area contributed by atoms with Crippen LogP contribution < -0.4 is 10.1 Å². The molecular weight excluding hydrogens is 222 g/mol. The van der Waals surface area contributed by atoms with E-state index in [9.17, 15) is 0 Å². The van der Waals surface area contributed by atoms with Gasteiger partial charge in [0.2, 0.25) is 0 Å². The van der Waals surface area contributed by atoms with Crippen LogP contribution in [0.25, 0.3) is 6.08 Å². The Hall–Kier alpha value is -1.28. The molecule has 0 aromatic heterocycles.